The summed E-state index contributed by atoms with van der Waals surface area (Å²) in [6, 6.07) is 11.9. The Morgan fingerprint density at radius 1 is 1.16 bits per heavy atom. The third-order valence-electron chi connectivity index (χ3n) is 5.35. The van der Waals surface area contributed by atoms with E-state index in [0.29, 0.717) is 34.2 Å². The number of urea groups is 1. The number of benzene rings is 2. The van der Waals surface area contributed by atoms with Crippen LogP contribution in [0.15, 0.2) is 53.7 Å². The lowest BCUT2D eigenvalue weighted by Crippen LogP contribution is -2.49. The van der Waals surface area contributed by atoms with Gasteiger partial charge in [-0.05, 0) is 62.6 Å². The smallest absolute Gasteiger partial charge is 0.338 e. The topological polar surface area (TPSA) is 67.9 Å². The molecule has 1 heterocycles. The van der Waals surface area contributed by atoms with Crippen molar-refractivity contribution in [1.29, 1.82) is 0 Å². The molecule has 2 aromatic rings. The second-order valence-electron chi connectivity index (χ2n) is 7.25. The molecular weight excluding hydrogens is 416 g/mol. The highest BCUT2D eigenvalue weighted by Gasteiger charge is 2.38. The highest BCUT2D eigenvalue weighted by Crippen LogP contribution is 2.33. The lowest BCUT2D eigenvalue weighted by molar-refractivity contribution is -0.139. The van der Waals surface area contributed by atoms with Crippen molar-refractivity contribution in [2.45, 2.75) is 33.7 Å². The van der Waals surface area contributed by atoms with Gasteiger partial charge in [0.25, 0.3) is 0 Å². The van der Waals surface area contributed by atoms with Crippen LogP contribution in [-0.2, 0) is 9.53 Å². The van der Waals surface area contributed by atoms with E-state index in [9.17, 15) is 9.59 Å². The summed E-state index contributed by atoms with van der Waals surface area (Å²) in [4.78, 5) is 27.4. The van der Waals surface area contributed by atoms with Crippen LogP contribution < -0.4 is 10.1 Å². The highest BCUT2D eigenvalue weighted by molar-refractivity contribution is 6.30. The summed E-state index contributed by atoms with van der Waals surface area (Å²) in [6.45, 7) is 8.23. The molecule has 0 fully saturated rings. The van der Waals surface area contributed by atoms with Gasteiger partial charge < -0.3 is 14.8 Å². The largest absolute Gasteiger partial charge is 0.487 e. The van der Waals surface area contributed by atoms with Crippen LogP contribution in [0.25, 0.3) is 0 Å². The minimum atomic E-state index is -0.690. The number of nitrogens with one attached hydrogen (secondary N) is 1. The molecule has 0 aromatic heterocycles. The summed E-state index contributed by atoms with van der Waals surface area (Å²) in [7, 11) is 0. The zero-order valence-corrected chi connectivity index (χ0v) is 19.0. The van der Waals surface area contributed by atoms with Gasteiger partial charge in [0.1, 0.15) is 12.4 Å². The Kier molecular flexibility index (Phi) is 7.23. The van der Waals surface area contributed by atoms with Crippen molar-refractivity contribution >= 4 is 23.6 Å². The molecule has 1 aliphatic heterocycles. The number of amides is 2. The molecule has 0 saturated carbocycles. The molecule has 164 valence electrons. The number of aryl methyl sites for hydroxylation is 1. The van der Waals surface area contributed by atoms with E-state index in [1.807, 2.05) is 45.0 Å². The maximum atomic E-state index is 13.0. The number of halogens is 1. The first kappa shape index (κ1) is 22.7. The van der Waals surface area contributed by atoms with Gasteiger partial charge in [-0.3, -0.25) is 4.90 Å². The van der Waals surface area contributed by atoms with Crippen molar-refractivity contribution < 1.29 is 19.1 Å². The van der Waals surface area contributed by atoms with Gasteiger partial charge in [-0.1, -0.05) is 35.9 Å². The van der Waals surface area contributed by atoms with Crippen LogP contribution in [0.2, 0.25) is 5.02 Å². The molecule has 1 N–H and O–H groups in total. The number of carbonyl (C=O) groups excluding carboxylic acids is 2. The predicted molar refractivity (Wildman–Crippen MR) is 120 cm³/mol. The number of esters is 1. The van der Waals surface area contributed by atoms with Crippen molar-refractivity contribution in [3.05, 3.63) is 75.4 Å². The number of rotatable bonds is 7. The number of carbonyl (C=O) groups is 2. The Morgan fingerprint density at radius 2 is 1.90 bits per heavy atom. The van der Waals surface area contributed by atoms with Crippen LogP contribution in [0.3, 0.4) is 0 Å². The van der Waals surface area contributed by atoms with Gasteiger partial charge in [0.2, 0.25) is 0 Å². The zero-order valence-electron chi connectivity index (χ0n) is 18.2. The molecule has 2 aromatic carbocycles. The number of nitrogens with zero attached hydrogens (tertiary/aromatic N) is 1. The fraction of sp³-hybridized carbons (Fsp3) is 0.333. The first-order chi connectivity index (χ1) is 14.9. The molecule has 0 aliphatic carbocycles. The minimum Gasteiger partial charge on any atom is -0.487 e. The van der Waals surface area contributed by atoms with E-state index in [1.165, 1.54) is 4.90 Å². The normalized spacial score (nSPS) is 16.2. The first-order valence-electron chi connectivity index (χ1n) is 10.3. The van der Waals surface area contributed by atoms with Crippen molar-refractivity contribution in [2.24, 2.45) is 0 Å². The van der Waals surface area contributed by atoms with E-state index in [4.69, 9.17) is 21.1 Å². The minimum absolute atomic E-state index is 0.0523. The monoisotopic (exact) mass is 442 g/mol. The van der Waals surface area contributed by atoms with Gasteiger partial charge in [0.05, 0.1) is 23.9 Å². The van der Waals surface area contributed by atoms with Crippen LogP contribution in [0.1, 0.15) is 36.6 Å². The third kappa shape index (κ3) is 4.85. The Balaban J connectivity index is 2.09. The summed E-state index contributed by atoms with van der Waals surface area (Å²) in [5.41, 5.74) is 3.63. The quantitative estimate of drug-likeness (QED) is 0.617. The molecule has 3 rings (SSSR count). The molecule has 1 atom stereocenters. The molecule has 7 heteroatoms. The molecule has 0 spiro atoms. The van der Waals surface area contributed by atoms with Gasteiger partial charge in [-0.2, -0.15) is 0 Å². The van der Waals surface area contributed by atoms with E-state index < -0.39 is 12.0 Å². The summed E-state index contributed by atoms with van der Waals surface area (Å²) in [6.07, 6.45) is 0. The van der Waals surface area contributed by atoms with Crippen molar-refractivity contribution in [3.63, 3.8) is 0 Å². The number of hydrogen-bond acceptors (Lipinski definition) is 4. The lowest BCUT2D eigenvalue weighted by Gasteiger charge is -2.36. The fourth-order valence-electron chi connectivity index (χ4n) is 3.61. The van der Waals surface area contributed by atoms with Crippen LogP contribution >= 0.6 is 11.6 Å². The highest BCUT2D eigenvalue weighted by atomic mass is 35.5. The van der Waals surface area contributed by atoms with Crippen molar-refractivity contribution in [2.75, 3.05) is 19.8 Å². The molecule has 1 unspecified atom stereocenters. The predicted octanol–water partition coefficient (Wildman–Crippen LogP) is 4.94. The zero-order chi connectivity index (χ0) is 22.5. The molecule has 2 amide bonds. The van der Waals surface area contributed by atoms with E-state index in [-0.39, 0.29) is 19.2 Å². The van der Waals surface area contributed by atoms with Gasteiger partial charge in [-0.25, -0.2) is 9.59 Å². The van der Waals surface area contributed by atoms with E-state index in [1.54, 1.807) is 25.1 Å². The van der Waals surface area contributed by atoms with E-state index >= 15 is 0 Å². The summed E-state index contributed by atoms with van der Waals surface area (Å²) in [5, 5.41) is 3.43. The molecule has 31 heavy (non-hydrogen) atoms. The lowest BCUT2D eigenvalue weighted by atomic mass is 9.94. The summed E-state index contributed by atoms with van der Waals surface area (Å²) in [5.74, 6) is 0.211. The molecule has 6 nitrogen and oxygen atoms in total. The number of hydrogen-bond donors (Lipinski definition) is 1. The summed E-state index contributed by atoms with van der Waals surface area (Å²) >= 11 is 6.17. The Morgan fingerprint density at radius 3 is 2.58 bits per heavy atom. The van der Waals surface area contributed by atoms with Gasteiger partial charge >= 0.3 is 12.0 Å². The first-order valence-corrected chi connectivity index (χ1v) is 10.7. The van der Waals surface area contributed by atoms with Crippen LogP contribution in [0, 0.1) is 13.8 Å². The average Bonchev–Trinajstić information content (AvgIpc) is 2.74. The van der Waals surface area contributed by atoms with E-state index in [2.05, 4.69) is 5.32 Å². The molecular formula is C24H27ClN2O4. The molecule has 0 saturated heterocycles. The van der Waals surface area contributed by atoms with Crippen LogP contribution in [0.5, 0.6) is 5.75 Å². The maximum absolute atomic E-state index is 13.0. The second kappa shape index (κ2) is 9.88. The second-order valence-corrected chi connectivity index (χ2v) is 7.69. The number of ether oxygens (including phenoxy) is 2. The Labute approximate surface area is 187 Å². The van der Waals surface area contributed by atoms with Gasteiger partial charge in [-0.15, -0.1) is 0 Å². The van der Waals surface area contributed by atoms with Crippen molar-refractivity contribution in [1.82, 2.24) is 10.2 Å². The van der Waals surface area contributed by atoms with Gasteiger partial charge in [0, 0.05) is 11.6 Å². The SMILES string of the molecule is CCOC(=O)C1=C(COc2cccc(C)c2C)N(CC)C(=O)NC1c1cccc(Cl)c1. The average molecular weight is 443 g/mol. The van der Waals surface area contributed by atoms with E-state index in [0.717, 1.165) is 11.1 Å². The summed E-state index contributed by atoms with van der Waals surface area (Å²) < 4.78 is 11.4. The Bertz CT molecular complexity index is 1020. The number of likely N-dealkylation sites (N-methyl/N-ethyl adjacent to an activating group) is 1. The maximum Gasteiger partial charge on any atom is 0.338 e. The molecule has 0 bridgehead atoms. The van der Waals surface area contributed by atoms with Crippen LogP contribution in [0.4, 0.5) is 4.79 Å². The molecule has 1 aliphatic rings. The third-order valence-corrected chi connectivity index (χ3v) is 5.59. The van der Waals surface area contributed by atoms with Crippen molar-refractivity contribution in [3.8, 4) is 5.75 Å². The molecule has 0 radical (unpaired) electrons. The van der Waals surface area contributed by atoms with Gasteiger partial charge in [0.15, 0.2) is 0 Å². The van der Waals surface area contributed by atoms with Crippen LogP contribution in [-0.4, -0.2) is 36.7 Å². The standard InChI is InChI=1S/C24H27ClN2O4/c1-5-27-19(14-31-20-12-7-9-15(3)16(20)4)21(23(28)30-6-2)22(26-24(27)29)17-10-8-11-18(25)13-17/h7-13,22H,5-6,14H2,1-4H3,(H,26,29). The fourth-order valence-corrected chi connectivity index (χ4v) is 3.80. The Hall–Kier alpha value is -2.99.